The molecule has 1 aliphatic heterocycles. The van der Waals surface area contributed by atoms with Crippen LogP contribution in [0.25, 0.3) is 0 Å². The van der Waals surface area contributed by atoms with Crippen LogP contribution < -0.4 is 5.32 Å². The van der Waals surface area contributed by atoms with Gasteiger partial charge in [0.2, 0.25) is 5.91 Å². The van der Waals surface area contributed by atoms with Crippen LogP contribution in [0.15, 0.2) is 54.6 Å². The summed E-state index contributed by atoms with van der Waals surface area (Å²) in [5.74, 6) is 0.914. The molecule has 164 valence electrons. The van der Waals surface area contributed by atoms with E-state index in [9.17, 15) is 9.18 Å². The van der Waals surface area contributed by atoms with Gasteiger partial charge in [-0.25, -0.2) is 4.39 Å². The lowest BCUT2D eigenvalue weighted by atomic mass is 9.59. The van der Waals surface area contributed by atoms with Crippen LogP contribution in [-0.4, -0.2) is 18.6 Å². The van der Waals surface area contributed by atoms with Crippen molar-refractivity contribution in [1.29, 1.82) is 0 Å². The highest BCUT2D eigenvalue weighted by Gasteiger charge is 2.68. The van der Waals surface area contributed by atoms with Crippen LogP contribution in [0, 0.1) is 28.5 Å². The van der Waals surface area contributed by atoms with E-state index in [2.05, 4.69) is 49.5 Å². The first-order valence-electron chi connectivity index (χ1n) is 11.6. The molecular formula is C27H32FNO2. The van der Waals surface area contributed by atoms with Gasteiger partial charge in [-0.2, -0.15) is 0 Å². The Hall–Kier alpha value is -2.20. The minimum Gasteiger partial charge on any atom is -0.373 e. The molecule has 2 saturated carbocycles. The fraction of sp³-hybridized carbons (Fsp3) is 0.519. The standard InChI is InChI=1S/C27H32FNO2/c1-26(2)20-16-22-24(19-6-4-3-5-7-19)31-15-14-27(22,17-20)25(26)29-23(30)13-10-18-8-11-21(28)12-9-18/h3-9,11-12,20,22,24-25H,10,13-17H2,1-2H3,(H,29,30)/t20-,22-,24-,25+,27?/m1/s1. The summed E-state index contributed by atoms with van der Waals surface area (Å²) in [6.07, 6.45) is 4.56. The highest BCUT2D eigenvalue weighted by Crippen LogP contribution is 2.70. The molecule has 3 aliphatic rings. The minimum absolute atomic E-state index is 0.0839. The van der Waals surface area contributed by atoms with Crippen molar-refractivity contribution in [3.8, 4) is 0 Å². The maximum absolute atomic E-state index is 13.1. The Bertz CT molecular complexity index is 941. The molecule has 31 heavy (non-hydrogen) atoms. The van der Waals surface area contributed by atoms with Crippen molar-refractivity contribution in [3.05, 3.63) is 71.5 Å². The van der Waals surface area contributed by atoms with Gasteiger partial charge in [0.1, 0.15) is 5.82 Å². The first kappa shape index (κ1) is 20.7. The number of aryl methyl sites for hydroxylation is 1. The molecular weight excluding hydrogens is 389 g/mol. The number of hydrogen-bond acceptors (Lipinski definition) is 2. The molecule has 2 bridgehead atoms. The Labute approximate surface area is 184 Å². The number of fused-ring (bicyclic) bond motifs is 1. The van der Waals surface area contributed by atoms with Gasteiger partial charge < -0.3 is 10.1 Å². The second kappa shape index (κ2) is 7.74. The van der Waals surface area contributed by atoms with E-state index in [-0.39, 0.29) is 34.7 Å². The average Bonchev–Trinajstić information content (AvgIpc) is 3.26. The van der Waals surface area contributed by atoms with E-state index in [1.165, 1.54) is 30.5 Å². The summed E-state index contributed by atoms with van der Waals surface area (Å²) >= 11 is 0. The molecule has 3 nitrogen and oxygen atoms in total. The number of rotatable bonds is 5. The van der Waals surface area contributed by atoms with E-state index < -0.39 is 0 Å². The van der Waals surface area contributed by atoms with Gasteiger partial charge >= 0.3 is 0 Å². The van der Waals surface area contributed by atoms with Gasteiger partial charge in [0.05, 0.1) is 6.10 Å². The number of nitrogens with one attached hydrogen (secondary N) is 1. The van der Waals surface area contributed by atoms with Gasteiger partial charge in [-0.1, -0.05) is 56.3 Å². The Morgan fingerprint density at radius 1 is 1.13 bits per heavy atom. The molecule has 1 spiro atoms. The van der Waals surface area contributed by atoms with Crippen LogP contribution in [0.1, 0.15) is 56.8 Å². The van der Waals surface area contributed by atoms with Gasteiger partial charge in [-0.05, 0) is 71.6 Å². The third-order valence-corrected chi connectivity index (χ3v) is 8.49. The zero-order valence-electron chi connectivity index (χ0n) is 18.4. The Kier molecular flexibility index (Phi) is 5.16. The Balaban J connectivity index is 1.34. The van der Waals surface area contributed by atoms with E-state index >= 15 is 0 Å². The van der Waals surface area contributed by atoms with Crippen LogP contribution in [0.3, 0.4) is 0 Å². The van der Waals surface area contributed by atoms with Crippen LogP contribution in [-0.2, 0) is 16.0 Å². The predicted molar refractivity (Wildman–Crippen MR) is 119 cm³/mol. The fourth-order valence-corrected chi connectivity index (χ4v) is 6.90. The van der Waals surface area contributed by atoms with Crippen LogP contribution in [0.2, 0.25) is 0 Å². The number of carbonyl (C=O) groups excluding carboxylic acids is 1. The fourth-order valence-electron chi connectivity index (χ4n) is 6.90. The van der Waals surface area contributed by atoms with Crippen LogP contribution in [0.5, 0.6) is 0 Å². The largest absolute Gasteiger partial charge is 0.373 e. The molecule has 5 rings (SSSR count). The van der Waals surface area contributed by atoms with Gasteiger partial charge in [-0.3, -0.25) is 4.79 Å². The van der Waals surface area contributed by atoms with Crippen molar-refractivity contribution in [2.45, 2.75) is 58.1 Å². The molecule has 0 aromatic heterocycles. The van der Waals surface area contributed by atoms with Gasteiger partial charge in [-0.15, -0.1) is 0 Å². The summed E-state index contributed by atoms with van der Waals surface area (Å²) < 4.78 is 19.5. The molecule has 1 saturated heterocycles. The topological polar surface area (TPSA) is 38.3 Å². The molecule has 1 N–H and O–H groups in total. The molecule has 1 amide bonds. The van der Waals surface area contributed by atoms with Crippen LogP contribution in [0.4, 0.5) is 4.39 Å². The minimum atomic E-state index is -0.241. The maximum atomic E-state index is 13.1. The van der Waals surface area contributed by atoms with Crippen molar-refractivity contribution < 1.29 is 13.9 Å². The molecule has 2 aliphatic carbocycles. The van der Waals surface area contributed by atoms with E-state index in [0.717, 1.165) is 18.6 Å². The molecule has 1 unspecified atom stereocenters. The zero-order chi connectivity index (χ0) is 21.6. The summed E-state index contributed by atoms with van der Waals surface area (Å²) in [6.45, 7) is 5.42. The molecule has 0 radical (unpaired) electrons. The van der Waals surface area contributed by atoms with Crippen molar-refractivity contribution in [2.24, 2.45) is 22.7 Å². The average molecular weight is 422 g/mol. The molecule has 4 heteroatoms. The van der Waals surface area contributed by atoms with E-state index in [1.807, 2.05) is 0 Å². The normalized spacial score (nSPS) is 33.1. The van der Waals surface area contributed by atoms with Gasteiger partial charge in [0, 0.05) is 19.1 Å². The van der Waals surface area contributed by atoms with Crippen molar-refractivity contribution in [2.75, 3.05) is 6.61 Å². The third kappa shape index (κ3) is 3.49. The van der Waals surface area contributed by atoms with Crippen LogP contribution >= 0.6 is 0 Å². The van der Waals surface area contributed by atoms with Gasteiger partial charge in [0.25, 0.3) is 0 Å². The molecule has 2 aromatic rings. The smallest absolute Gasteiger partial charge is 0.220 e. The SMILES string of the molecule is CC1(C)[C@@H]2C[C@@H]3[C@@H](c4ccccc4)OCCC3(C2)[C@H]1NC(=O)CCc1ccc(F)cc1. The van der Waals surface area contributed by atoms with Crippen molar-refractivity contribution in [1.82, 2.24) is 5.32 Å². The summed E-state index contributed by atoms with van der Waals surface area (Å²) in [7, 11) is 0. The third-order valence-electron chi connectivity index (χ3n) is 8.49. The Morgan fingerprint density at radius 2 is 1.87 bits per heavy atom. The summed E-state index contributed by atoms with van der Waals surface area (Å²) in [4.78, 5) is 13.0. The molecule has 1 heterocycles. The van der Waals surface area contributed by atoms with E-state index in [1.54, 1.807) is 12.1 Å². The highest BCUT2D eigenvalue weighted by molar-refractivity contribution is 5.77. The monoisotopic (exact) mass is 421 g/mol. The Morgan fingerprint density at radius 3 is 2.61 bits per heavy atom. The molecule has 5 atom stereocenters. The van der Waals surface area contributed by atoms with E-state index in [0.29, 0.717) is 24.7 Å². The predicted octanol–water partition coefficient (Wildman–Crippen LogP) is 5.46. The van der Waals surface area contributed by atoms with E-state index in [4.69, 9.17) is 4.74 Å². The highest BCUT2D eigenvalue weighted by atomic mass is 19.1. The quantitative estimate of drug-likeness (QED) is 0.696. The summed E-state index contributed by atoms with van der Waals surface area (Å²) in [5, 5.41) is 3.48. The number of amides is 1. The number of hydrogen-bond donors (Lipinski definition) is 1. The number of halogens is 1. The number of benzene rings is 2. The summed E-state index contributed by atoms with van der Waals surface area (Å²) in [6, 6.07) is 17.2. The lowest BCUT2D eigenvalue weighted by Crippen LogP contribution is -2.58. The molecule has 2 aromatic carbocycles. The second-order valence-electron chi connectivity index (χ2n) is 10.4. The molecule has 3 fully saturated rings. The van der Waals surface area contributed by atoms with Crippen molar-refractivity contribution >= 4 is 5.91 Å². The van der Waals surface area contributed by atoms with Crippen molar-refractivity contribution in [3.63, 3.8) is 0 Å². The second-order valence-corrected chi connectivity index (χ2v) is 10.4. The van der Waals surface area contributed by atoms with Gasteiger partial charge in [0.15, 0.2) is 0 Å². The lowest BCUT2D eigenvalue weighted by Gasteiger charge is -2.53. The number of carbonyl (C=O) groups is 1. The first-order chi connectivity index (χ1) is 14.9. The summed E-state index contributed by atoms with van der Waals surface area (Å²) in [5.41, 5.74) is 2.45. The lowest BCUT2D eigenvalue weighted by molar-refractivity contribution is -0.137. The first-order valence-corrected chi connectivity index (χ1v) is 11.6. The zero-order valence-corrected chi connectivity index (χ0v) is 18.4. The number of ether oxygens (including phenoxy) is 1. The maximum Gasteiger partial charge on any atom is 0.220 e.